The van der Waals surface area contributed by atoms with Crippen molar-refractivity contribution in [1.29, 1.82) is 0 Å². The topological polar surface area (TPSA) is 90.7 Å². The highest BCUT2D eigenvalue weighted by Gasteiger charge is 2.14. The van der Waals surface area contributed by atoms with Gasteiger partial charge in [-0.3, -0.25) is 4.79 Å². The van der Waals surface area contributed by atoms with Gasteiger partial charge >= 0.3 is 5.97 Å². The average molecular weight is 452 g/mol. The third kappa shape index (κ3) is 4.31. The van der Waals surface area contributed by atoms with Gasteiger partial charge in [0.15, 0.2) is 6.61 Å². The largest absolute Gasteiger partial charge is 0.495 e. The van der Waals surface area contributed by atoms with Crippen molar-refractivity contribution >= 4 is 56.5 Å². The molecule has 34 heavy (non-hydrogen) atoms. The van der Waals surface area contributed by atoms with Gasteiger partial charge in [-0.1, -0.05) is 42.5 Å². The number of nitrogens with zero attached hydrogens (tertiary/aromatic N) is 1. The maximum atomic E-state index is 12.4. The van der Waals surface area contributed by atoms with Gasteiger partial charge in [0, 0.05) is 28.3 Å². The van der Waals surface area contributed by atoms with Crippen molar-refractivity contribution in [3.05, 3.63) is 84.6 Å². The fourth-order valence-electron chi connectivity index (χ4n) is 3.72. The third-order valence-corrected chi connectivity index (χ3v) is 5.33. The number of nitrogens with one attached hydrogen (secondary N) is 1. The summed E-state index contributed by atoms with van der Waals surface area (Å²) >= 11 is 0. The Bertz CT molecular complexity index is 1570. The first-order valence-corrected chi connectivity index (χ1v) is 10.6. The zero-order valence-corrected chi connectivity index (χ0v) is 18.3. The number of furan rings is 1. The van der Waals surface area contributed by atoms with E-state index in [9.17, 15) is 9.59 Å². The lowest BCUT2D eigenvalue weighted by Crippen LogP contribution is -2.20. The Hall–Kier alpha value is -4.65. The van der Waals surface area contributed by atoms with Gasteiger partial charge in [-0.2, -0.15) is 0 Å². The normalized spacial score (nSPS) is 11.3. The Kier molecular flexibility index (Phi) is 5.66. The van der Waals surface area contributed by atoms with Crippen molar-refractivity contribution in [3.8, 4) is 5.75 Å². The fraction of sp³-hybridized carbons (Fsp3) is 0.0741. The summed E-state index contributed by atoms with van der Waals surface area (Å²) in [6, 6.07) is 22.6. The van der Waals surface area contributed by atoms with E-state index >= 15 is 0 Å². The number of pyridine rings is 1. The highest BCUT2D eigenvalue weighted by Crippen LogP contribution is 2.36. The quantitative estimate of drug-likeness (QED) is 0.276. The molecule has 0 spiro atoms. The van der Waals surface area contributed by atoms with Crippen LogP contribution in [0.1, 0.15) is 5.69 Å². The number of aromatic nitrogens is 1. The molecular weight excluding hydrogens is 432 g/mol. The van der Waals surface area contributed by atoms with Crippen molar-refractivity contribution in [1.82, 2.24) is 4.98 Å². The monoisotopic (exact) mass is 452 g/mol. The van der Waals surface area contributed by atoms with Crippen LogP contribution >= 0.6 is 0 Å². The summed E-state index contributed by atoms with van der Waals surface area (Å²) in [6.45, 7) is -0.449. The first kappa shape index (κ1) is 21.2. The second kappa shape index (κ2) is 9.07. The lowest BCUT2D eigenvalue weighted by atomic mass is 10.1. The summed E-state index contributed by atoms with van der Waals surface area (Å²) in [5.41, 5.74) is 3.22. The zero-order chi connectivity index (χ0) is 23.5. The third-order valence-electron chi connectivity index (χ3n) is 5.33. The molecule has 5 aromatic rings. The molecule has 7 nitrogen and oxygen atoms in total. The molecule has 1 N–H and O–H groups in total. The molecule has 0 aliphatic carbocycles. The van der Waals surface area contributed by atoms with Crippen LogP contribution < -0.4 is 10.1 Å². The van der Waals surface area contributed by atoms with Crippen LogP contribution in [0.4, 0.5) is 5.69 Å². The summed E-state index contributed by atoms with van der Waals surface area (Å²) in [5.74, 6) is -0.676. The molecule has 3 aromatic carbocycles. The first-order valence-electron chi connectivity index (χ1n) is 10.6. The van der Waals surface area contributed by atoms with Gasteiger partial charge in [-0.25, -0.2) is 9.78 Å². The standard InChI is InChI=1S/C27H20N2O5/c1-32-25-14-20-19-7-3-5-9-23(19)34-24(20)15-22(25)29-26(30)16-33-27(31)13-12-18-11-10-17-6-2-4-8-21(17)28-18/h2-15H,16H2,1H3,(H,29,30)/b13-12+. The molecule has 2 aromatic heterocycles. The first-order chi connectivity index (χ1) is 16.6. The Morgan fingerprint density at radius 1 is 0.971 bits per heavy atom. The van der Waals surface area contributed by atoms with E-state index in [2.05, 4.69) is 10.3 Å². The number of hydrogen-bond acceptors (Lipinski definition) is 6. The molecule has 168 valence electrons. The molecule has 7 heteroatoms. The summed E-state index contributed by atoms with van der Waals surface area (Å²) in [4.78, 5) is 28.9. The molecule has 0 fully saturated rings. The van der Waals surface area contributed by atoms with Gasteiger partial charge < -0.3 is 19.2 Å². The smallest absolute Gasteiger partial charge is 0.331 e. The number of anilines is 1. The van der Waals surface area contributed by atoms with Crippen molar-refractivity contribution in [2.24, 2.45) is 0 Å². The van der Waals surface area contributed by atoms with E-state index in [0.29, 0.717) is 22.7 Å². The number of hydrogen-bond donors (Lipinski definition) is 1. The number of carbonyl (C=O) groups is 2. The van der Waals surface area contributed by atoms with Gasteiger partial charge in [0.2, 0.25) is 0 Å². The lowest BCUT2D eigenvalue weighted by Gasteiger charge is -2.10. The molecule has 0 saturated heterocycles. The highest BCUT2D eigenvalue weighted by molar-refractivity contribution is 6.08. The molecule has 0 radical (unpaired) electrons. The Balaban J connectivity index is 1.24. The minimum absolute atomic E-state index is 0.422. The van der Waals surface area contributed by atoms with Crippen LogP contribution in [0.25, 0.3) is 38.9 Å². The van der Waals surface area contributed by atoms with Gasteiger partial charge in [0.05, 0.1) is 24.0 Å². The maximum Gasteiger partial charge on any atom is 0.331 e. The Morgan fingerprint density at radius 3 is 2.68 bits per heavy atom. The number of amides is 1. The minimum atomic E-state index is -0.648. The number of benzene rings is 3. The van der Waals surface area contributed by atoms with Crippen LogP contribution in [0.2, 0.25) is 0 Å². The number of rotatable bonds is 6. The molecular formula is C27H20N2O5. The predicted octanol–water partition coefficient (Wildman–Crippen LogP) is 5.34. The van der Waals surface area contributed by atoms with Crippen LogP contribution in [0.15, 0.2) is 83.3 Å². The molecule has 0 aliphatic rings. The number of esters is 1. The van der Waals surface area contributed by atoms with E-state index in [1.165, 1.54) is 13.2 Å². The maximum absolute atomic E-state index is 12.4. The number of ether oxygens (including phenoxy) is 2. The fourth-order valence-corrected chi connectivity index (χ4v) is 3.72. The molecule has 0 unspecified atom stereocenters. The number of carbonyl (C=O) groups excluding carboxylic acids is 2. The van der Waals surface area contributed by atoms with Crippen molar-refractivity contribution in [2.45, 2.75) is 0 Å². The van der Waals surface area contributed by atoms with Gasteiger partial charge in [0.1, 0.15) is 16.9 Å². The molecule has 0 saturated carbocycles. The lowest BCUT2D eigenvalue weighted by molar-refractivity contribution is -0.142. The number of para-hydroxylation sites is 2. The average Bonchev–Trinajstić information content (AvgIpc) is 3.23. The van der Waals surface area contributed by atoms with E-state index < -0.39 is 18.5 Å². The molecule has 1 amide bonds. The molecule has 5 rings (SSSR count). The molecule has 2 heterocycles. The summed E-state index contributed by atoms with van der Waals surface area (Å²) in [5, 5.41) is 5.55. The highest BCUT2D eigenvalue weighted by atomic mass is 16.5. The van der Waals surface area contributed by atoms with Crippen molar-refractivity contribution in [3.63, 3.8) is 0 Å². The predicted molar refractivity (Wildman–Crippen MR) is 131 cm³/mol. The van der Waals surface area contributed by atoms with Gasteiger partial charge in [-0.05, 0) is 30.3 Å². The van der Waals surface area contributed by atoms with Crippen LogP contribution in [0, 0.1) is 0 Å². The van der Waals surface area contributed by atoms with Crippen LogP contribution in [-0.2, 0) is 14.3 Å². The van der Waals surface area contributed by atoms with Crippen LogP contribution in [-0.4, -0.2) is 30.6 Å². The van der Waals surface area contributed by atoms with E-state index in [-0.39, 0.29) is 0 Å². The van der Waals surface area contributed by atoms with E-state index in [1.807, 2.05) is 60.7 Å². The second-order valence-electron chi connectivity index (χ2n) is 7.56. The van der Waals surface area contributed by atoms with Crippen LogP contribution in [0.5, 0.6) is 5.75 Å². The van der Waals surface area contributed by atoms with Gasteiger partial charge in [-0.15, -0.1) is 0 Å². The van der Waals surface area contributed by atoms with Crippen molar-refractivity contribution in [2.75, 3.05) is 19.0 Å². The Labute approximate surface area is 194 Å². The van der Waals surface area contributed by atoms with E-state index in [0.717, 1.165) is 27.3 Å². The second-order valence-corrected chi connectivity index (χ2v) is 7.56. The zero-order valence-electron chi connectivity index (χ0n) is 18.3. The molecule has 0 atom stereocenters. The number of fused-ring (bicyclic) bond motifs is 4. The van der Waals surface area contributed by atoms with Crippen molar-refractivity contribution < 1.29 is 23.5 Å². The summed E-state index contributed by atoms with van der Waals surface area (Å²) in [6.07, 6.45) is 2.79. The van der Waals surface area contributed by atoms with Crippen LogP contribution in [0.3, 0.4) is 0 Å². The summed E-state index contributed by atoms with van der Waals surface area (Å²) in [7, 11) is 1.52. The molecule has 0 aliphatic heterocycles. The van der Waals surface area contributed by atoms with Gasteiger partial charge in [0.25, 0.3) is 5.91 Å². The molecule has 0 bridgehead atoms. The Morgan fingerprint density at radius 2 is 1.79 bits per heavy atom. The SMILES string of the molecule is COc1cc2c(cc1NC(=O)COC(=O)/C=C/c1ccc3ccccc3n1)oc1ccccc12. The van der Waals surface area contributed by atoms with E-state index in [4.69, 9.17) is 13.9 Å². The number of methoxy groups -OCH3 is 1. The summed E-state index contributed by atoms with van der Waals surface area (Å²) < 4.78 is 16.4. The minimum Gasteiger partial charge on any atom is -0.495 e. The van der Waals surface area contributed by atoms with E-state index in [1.54, 1.807) is 18.2 Å².